The molecule has 2 aromatic heterocycles. The fourth-order valence-electron chi connectivity index (χ4n) is 1.75. The molecule has 0 bridgehead atoms. The summed E-state index contributed by atoms with van der Waals surface area (Å²) >= 11 is 1.42. The molecule has 2 heterocycles. The van der Waals surface area contributed by atoms with Gasteiger partial charge in [-0.15, -0.1) is 16.4 Å². The van der Waals surface area contributed by atoms with E-state index in [-0.39, 0.29) is 23.7 Å². The van der Waals surface area contributed by atoms with Crippen LogP contribution in [0.2, 0.25) is 0 Å². The quantitative estimate of drug-likeness (QED) is 0.803. The Labute approximate surface area is 125 Å². The van der Waals surface area contributed by atoms with Crippen molar-refractivity contribution in [1.82, 2.24) is 19.7 Å². The smallest absolute Gasteiger partial charge is 0.358 e. The van der Waals surface area contributed by atoms with E-state index >= 15 is 0 Å². The molecule has 0 aliphatic rings. The summed E-state index contributed by atoms with van der Waals surface area (Å²) in [6, 6.07) is 1.63. The first-order valence-corrected chi connectivity index (χ1v) is 8.29. The number of carboxylic acid groups (broad SMARTS) is 1. The average Bonchev–Trinajstić information content (AvgIpc) is 2.96. The molecule has 0 aliphatic carbocycles. The number of hydrogen-bond acceptors (Lipinski definition) is 6. The Hall–Kier alpha value is -1.78. The van der Waals surface area contributed by atoms with Crippen molar-refractivity contribution in [2.45, 2.75) is 25.3 Å². The molecule has 114 valence electrons. The highest BCUT2D eigenvalue weighted by atomic mass is 32.2. The maximum Gasteiger partial charge on any atom is 0.358 e. The minimum absolute atomic E-state index is 0.0963. The van der Waals surface area contributed by atoms with Gasteiger partial charge in [-0.05, 0) is 19.9 Å². The fourth-order valence-corrected chi connectivity index (χ4v) is 4.33. The fraction of sp³-hybridized carbons (Fsp3) is 0.364. The van der Waals surface area contributed by atoms with Gasteiger partial charge in [0.1, 0.15) is 0 Å². The van der Waals surface area contributed by atoms with Crippen molar-refractivity contribution in [3.05, 3.63) is 27.7 Å². The summed E-state index contributed by atoms with van der Waals surface area (Å²) in [7, 11) is -3.57. The van der Waals surface area contributed by atoms with Gasteiger partial charge in [0.25, 0.3) is 0 Å². The molecule has 2 N–H and O–H groups in total. The predicted molar refractivity (Wildman–Crippen MR) is 76.0 cm³/mol. The molecule has 0 aliphatic heterocycles. The minimum atomic E-state index is -3.57. The SMILES string of the molecule is Cc1cc(S(=O)(=O)NCCn2cc(C(=O)O)nn2)c(C)s1. The second-order valence-electron chi connectivity index (χ2n) is 4.35. The highest BCUT2D eigenvalue weighted by molar-refractivity contribution is 7.89. The third kappa shape index (κ3) is 3.65. The number of nitrogens with zero attached hydrogens (tertiary/aromatic N) is 3. The molecule has 0 fully saturated rings. The summed E-state index contributed by atoms with van der Waals surface area (Å²) in [5.41, 5.74) is -0.179. The van der Waals surface area contributed by atoms with Crippen LogP contribution in [0, 0.1) is 13.8 Å². The van der Waals surface area contributed by atoms with Crippen molar-refractivity contribution in [1.29, 1.82) is 0 Å². The van der Waals surface area contributed by atoms with E-state index in [1.807, 2.05) is 6.92 Å². The van der Waals surface area contributed by atoms with Gasteiger partial charge in [-0.25, -0.2) is 17.9 Å². The standard InChI is InChI=1S/C11H14N4O4S2/c1-7-5-10(8(2)20-7)21(18,19)12-3-4-15-6-9(11(16)17)13-14-15/h5-6,12H,3-4H2,1-2H3,(H,16,17). The molecule has 0 radical (unpaired) electrons. The lowest BCUT2D eigenvalue weighted by atomic mass is 10.4. The number of thiophene rings is 1. The highest BCUT2D eigenvalue weighted by Gasteiger charge is 2.18. The molecule has 2 aromatic rings. The number of aromatic carboxylic acids is 1. The van der Waals surface area contributed by atoms with Crippen molar-refractivity contribution >= 4 is 27.3 Å². The Bertz CT molecular complexity index is 763. The van der Waals surface area contributed by atoms with Crippen LogP contribution in [0.4, 0.5) is 0 Å². The van der Waals surface area contributed by atoms with Crippen LogP contribution < -0.4 is 4.72 Å². The highest BCUT2D eigenvalue weighted by Crippen LogP contribution is 2.24. The van der Waals surface area contributed by atoms with Gasteiger partial charge in [-0.2, -0.15) is 0 Å². The molecule has 0 aromatic carbocycles. The van der Waals surface area contributed by atoms with Crippen LogP contribution in [0.15, 0.2) is 17.2 Å². The van der Waals surface area contributed by atoms with E-state index < -0.39 is 16.0 Å². The number of rotatable bonds is 6. The van der Waals surface area contributed by atoms with Crippen LogP contribution >= 0.6 is 11.3 Å². The van der Waals surface area contributed by atoms with Gasteiger partial charge < -0.3 is 5.11 Å². The van der Waals surface area contributed by atoms with Crippen LogP contribution in [-0.4, -0.2) is 41.0 Å². The zero-order valence-electron chi connectivity index (χ0n) is 11.4. The van der Waals surface area contributed by atoms with Crippen molar-refractivity contribution in [3.63, 3.8) is 0 Å². The van der Waals surface area contributed by atoms with E-state index in [0.29, 0.717) is 0 Å². The monoisotopic (exact) mass is 330 g/mol. The Morgan fingerprint density at radius 2 is 2.19 bits per heavy atom. The zero-order valence-corrected chi connectivity index (χ0v) is 13.0. The van der Waals surface area contributed by atoms with Crippen LogP contribution in [0.5, 0.6) is 0 Å². The summed E-state index contributed by atoms with van der Waals surface area (Å²) in [4.78, 5) is 12.6. The molecule has 10 heteroatoms. The zero-order chi connectivity index (χ0) is 15.6. The first kappa shape index (κ1) is 15.6. The molecule has 0 saturated carbocycles. The van der Waals surface area contributed by atoms with Gasteiger partial charge in [-0.1, -0.05) is 5.21 Å². The average molecular weight is 330 g/mol. The number of aromatic nitrogens is 3. The Morgan fingerprint density at radius 1 is 1.48 bits per heavy atom. The lowest BCUT2D eigenvalue weighted by molar-refractivity contribution is 0.0690. The van der Waals surface area contributed by atoms with E-state index in [9.17, 15) is 13.2 Å². The maximum absolute atomic E-state index is 12.1. The van der Waals surface area contributed by atoms with Crippen LogP contribution in [0.25, 0.3) is 0 Å². The predicted octanol–water partition coefficient (Wildman–Crippen LogP) is 0.633. The molecule has 0 amide bonds. The third-order valence-electron chi connectivity index (χ3n) is 2.68. The molecule has 8 nitrogen and oxygen atoms in total. The summed E-state index contributed by atoms with van der Waals surface area (Å²) in [6.45, 7) is 3.89. The van der Waals surface area contributed by atoms with Gasteiger partial charge in [0.2, 0.25) is 10.0 Å². The summed E-state index contributed by atoms with van der Waals surface area (Å²) < 4.78 is 28.0. The summed E-state index contributed by atoms with van der Waals surface area (Å²) in [5.74, 6) is -1.17. The molecular formula is C11H14N4O4S2. The topological polar surface area (TPSA) is 114 Å². The lowest BCUT2D eigenvalue weighted by Gasteiger charge is -2.05. The van der Waals surface area contributed by atoms with E-state index in [1.165, 1.54) is 22.2 Å². The van der Waals surface area contributed by atoms with Crippen molar-refractivity contribution in [3.8, 4) is 0 Å². The van der Waals surface area contributed by atoms with Crippen molar-refractivity contribution < 1.29 is 18.3 Å². The Balaban J connectivity index is 1.99. The van der Waals surface area contributed by atoms with Crippen LogP contribution in [0.1, 0.15) is 20.2 Å². The Morgan fingerprint density at radius 3 is 2.71 bits per heavy atom. The maximum atomic E-state index is 12.1. The normalized spacial score (nSPS) is 11.7. The first-order chi connectivity index (χ1) is 9.79. The minimum Gasteiger partial charge on any atom is -0.476 e. The number of aryl methyl sites for hydroxylation is 2. The molecule has 21 heavy (non-hydrogen) atoms. The Kier molecular flexibility index (Phi) is 4.40. The molecule has 2 rings (SSSR count). The molecule has 0 unspecified atom stereocenters. The summed E-state index contributed by atoms with van der Waals surface area (Å²) in [6.07, 6.45) is 1.25. The van der Waals surface area contributed by atoms with E-state index in [0.717, 1.165) is 9.75 Å². The largest absolute Gasteiger partial charge is 0.476 e. The van der Waals surface area contributed by atoms with Gasteiger partial charge in [-0.3, -0.25) is 4.68 Å². The number of carboxylic acids is 1. The molecule has 0 atom stereocenters. The second kappa shape index (κ2) is 5.92. The number of hydrogen-bond donors (Lipinski definition) is 2. The molecular weight excluding hydrogens is 316 g/mol. The van der Waals surface area contributed by atoms with Crippen molar-refractivity contribution in [2.75, 3.05) is 6.54 Å². The second-order valence-corrected chi connectivity index (χ2v) is 7.54. The molecule has 0 spiro atoms. The van der Waals surface area contributed by atoms with E-state index in [4.69, 9.17) is 5.11 Å². The van der Waals surface area contributed by atoms with Crippen molar-refractivity contribution in [2.24, 2.45) is 0 Å². The summed E-state index contributed by atoms with van der Waals surface area (Å²) in [5, 5.41) is 15.8. The number of nitrogens with one attached hydrogen (secondary N) is 1. The van der Waals surface area contributed by atoms with E-state index in [1.54, 1.807) is 13.0 Å². The van der Waals surface area contributed by atoms with Gasteiger partial charge in [0, 0.05) is 16.3 Å². The van der Waals surface area contributed by atoms with Crippen LogP contribution in [-0.2, 0) is 16.6 Å². The lowest BCUT2D eigenvalue weighted by Crippen LogP contribution is -2.27. The van der Waals surface area contributed by atoms with Gasteiger partial charge >= 0.3 is 5.97 Å². The van der Waals surface area contributed by atoms with Gasteiger partial charge in [0.15, 0.2) is 5.69 Å². The van der Waals surface area contributed by atoms with E-state index in [2.05, 4.69) is 15.0 Å². The van der Waals surface area contributed by atoms with Gasteiger partial charge in [0.05, 0.1) is 17.6 Å². The number of sulfonamides is 1. The first-order valence-electron chi connectivity index (χ1n) is 6.00. The number of carbonyl (C=O) groups is 1. The van der Waals surface area contributed by atoms with Crippen LogP contribution in [0.3, 0.4) is 0 Å². The third-order valence-corrected chi connectivity index (χ3v) is 5.36. The molecule has 0 saturated heterocycles.